The third-order valence-corrected chi connectivity index (χ3v) is 5.29. The van der Waals surface area contributed by atoms with Crippen LogP contribution in [0.1, 0.15) is 13.8 Å². The van der Waals surface area contributed by atoms with Crippen molar-refractivity contribution in [1.82, 2.24) is 19.4 Å². The molecule has 1 aromatic heterocycles. The number of ether oxygens (including phenoxy) is 1. The van der Waals surface area contributed by atoms with E-state index in [1.807, 2.05) is 20.9 Å². The number of hydrogen-bond acceptors (Lipinski definition) is 5. The highest BCUT2D eigenvalue weighted by molar-refractivity contribution is 7.89. The van der Waals surface area contributed by atoms with Crippen LogP contribution >= 0.6 is 0 Å². The SMILES string of the molecule is CNCCn1cc(S(=O)(=O)N2CC(C)OCC2C)cn1. The van der Waals surface area contributed by atoms with E-state index in [-0.39, 0.29) is 17.0 Å². The lowest BCUT2D eigenvalue weighted by molar-refractivity contribution is -0.0170. The molecule has 20 heavy (non-hydrogen) atoms. The first-order chi connectivity index (χ1) is 9.45. The van der Waals surface area contributed by atoms with Gasteiger partial charge in [0.25, 0.3) is 0 Å². The minimum Gasteiger partial charge on any atom is -0.375 e. The molecule has 1 aliphatic heterocycles. The largest absolute Gasteiger partial charge is 0.375 e. The van der Waals surface area contributed by atoms with E-state index in [0.29, 0.717) is 19.7 Å². The van der Waals surface area contributed by atoms with E-state index in [1.165, 1.54) is 10.5 Å². The minimum absolute atomic E-state index is 0.0830. The monoisotopic (exact) mass is 302 g/mol. The Kier molecular flexibility index (Phi) is 4.79. The van der Waals surface area contributed by atoms with Crippen molar-refractivity contribution in [2.75, 3.05) is 26.7 Å². The van der Waals surface area contributed by atoms with E-state index in [9.17, 15) is 8.42 Å². The smallest absolute Gasteiger partial charge is 0.246 e. The Morgan fingerprint density at radius 3 is 2.95 bits per heavy atom. The van der Waals surface area contributed by atoms with Crippen LogP contribution in [-0.2, 0) is 21.3 Å². The lowest BCUT2D eigenvalue weighted by Gasteiger charge is -2.35. The van der Waals surface area contributed by atoms with Crippen molar-refractivity contribution < 1.29 is 13.2 Å². The highest BCUT2D eigenvalue weighted by Crippen LogP contribution is 2.21. The molecule has 1 saturated heterocycles. The van der Waals surface area contributed by atoms with Crippen LogP contribution in [0.5, 0.6) is 0 Å². The van der Waals surface area contributed by atoms with Crippen LogP contribution in [0.15, 0.2) is 17.3 Å². The molecular formula is C12H22N4O3S. The second kappa shape index (κ2) is 6.21. The van der Waals surface area contributed by atoms with E-state index < -0.39 is 10.0 Å². The van der Waals surface area contributed by atoms with E-state index in [2.05, 4.69) is 10.4 Å². The van der Waals surface area contributed by atoms with Crippen LogP contribution in [0, 0.1) is 0 Å². The number of morpholine rings is 1. The zero-order valence-corrected chi connectivity index (χ0v) is 12.9. The molecule has 2 rings (SSSR count). The molecule has 0 aliphatic carbocycles. The maximum Gasteiger partial charge on any atom is 0.246 e. The van der Waals surface area contributed by atoms with Crippen molar-refractivity contribution in [1.29, 1.82) is 0 Å². The molecule has 8 heteroatoms. The predicted molar refractivity (Wildman–Crippen MR) is 74.9 cm³/mol. The Labute approximate surface area is 120 Å². The van der Waals surface area contributed by atoms with Gasteiger partial charge in [0.05, 0.1) is 25.5 Å². The fourth-order valence-electron chi connectivity index (χ4n) is 2.17. The molecule has 0 saturated carbocycles. The molecule has 0 spiro atoms. The van der Waals surface area contributed by atoms with Crippen LogP contribution in [0.25, 0.3) is 0 Å². The maximum atomic E-state index is 12.6. The van der Waals surface area contributed by atoms with Gasteiger partial charge in [-0.25, -0.2) is 8.42 Å². The Bertz CT molecular complexity index is 543. The molecule has 114 valence electrons. The molecule has 2 heterocycles. The summed E-state index contributed by atoms with van der Waals surface area (Å²) in [6, 6.07) is -0.156. The minimum atomic E-state index is -3.50. The number of sulfonamides is 1. The zero-order chi connectivity index (χ0) is 14.8. The van der Waals surface area contributed by atoms with Gasteiger partial charge in [0.2, 0.25) is 10.0 Å². The summed E-state index contributed by atoms with van der Waals surface area (Å²) >= 11 is 0. The molecule has 1 aromatic rings. The first-order valence-corrected chi connectivity index (χ1v) is 8.19. The molecule has 0 bridgehead atoms. The predicted octanol–water partition coefficient (Wildman–Crippen LogP) is -0.0996. The van der Waals surface area contributed by atoms with Gasteiger partial charge in [-0.1, -0.05) is 0 Å². The maximum absolute atomic E-state index is 12.6. The number of hydrogen-bond donors (Lipinski definition) is 1. The second-order valence-corrected chi connectivity index (χ2v) is 7.00. The molecule has 0 radical (unpaired) electrons. The van der Waals surface area contributed by atoms with Gasteiger partial charge in [-0.15, -0.1) is 0 Å². The standard InChI is InChI=1S/C12H22N4O3S/c1-10-9-19-11(2)7-16(10)20(17,18)12-6-14-15(8-12)5-4-13-3/h6,8,10-11,13H,4-5,7,9H2,1-3H3. The Morgan fingerprint density at radius 1 is 1.50 bits per heavy atom. The van der Waals surface area contributed by atoms with Crippen molar-refractivity contribution in [2.24, 2.45) is 0 Å². The molecular weight excluding hydrogens is 280 g/mol. The van der Waals surface area contributed by atoms with Gasteiger partial charge in [-0.3, -0.25) is 4.68 Å². The highest BCUT2D eigenvalue weighted by Gasteiger charge is 2.34. The van der Waals surface area contributed by atoms with E-state index >= 15 is 0 Å². The lowest BCUT2D eigenvalue weighted by Crippen LogP contribution is -2.49. The summed E-state index contributed by atoms with van der Waals surface area (Å²) in [6.45, 7) is 5.92. The average Bonchev–Trinajstić information content (AvgIpc) is 2.88. The van der Waals surface area contributed by atoms with Crippen molar-refractivity contribution in [3.63, 3.8) is 0 Å². The number of nitrogens with zero attached hydrogens (tertiary/aromatic N) is 3. The highest BCUT2D eigenvalue weighted by atomic mass is 32.2. The first-order valence-electron chi connectivity index (χ1n) is 6.75. The van der Waals surface area contributed by atoms with E-state index in [0.717, 1.165) is 6.54 Å². The number of rotatable bonds is 5. The fraction of sp³-hybridized carbons (Fsp3) is 0.750. The average molecular weight is 302 g/mol. The summed E-state index contributed by atoms with van der Waals surface area (Å²) in [7, 11) is -1.65. The van der Waals surface area contributed by atoms with Crippen LogP contribution in [0.4, 0.5) is 0 Å². The topological polar surface area (TPSA) is 76.5 Å². The summed E-state index contributed by atoms with van der Waals surface area (Å²) < 4.78 is 33.9. The molecule has 7 nitrogen and oxygen atoms in total. The van der Waals surface area contributed by atoms with E-state index in [1.54, 1.807) is 10.9 Å². The summed E-state index contributed by atoms with van der Waals surface area (Å²) in [4.78, 5) is 0.245. The van der Waals surface area contributed by atoms with Crippen molar-refractivity contribution in [3.05, 3.63) is 12.4 Å². The summed E-state index contributed by atoms with van der Waals surface area (Å²) in [5.74, 6) is 0. The molecule has 0 amide bonds. The third kappa shape index (κ3) is 3.20. The van der Waals surface area contributed by atoms with E-state index in [4.69, 9.17) is 4.74 Å². The molecule has 2 unspecified atom stereocenters. The second-order valence-electron chi connectivity index (χ2n) is 5.11. The number of likely N-dealkylation sites (N-methyl/N-ethyl adjacent to an activating group) is 1. The lowest BCUT2D eigenvalue weighted by atomic mass is 10.2. The van der Waals surface area contributed by atoms with Crippen LogP contribution in [-0.4, -0.2) is 61.4 Å². The van der Waals surface area contributed by atoms with Gasteiger partial charge in [0, 0.05) is 25.3 Å². The molecule has 1 fully saturated rings. The van der Waals surface area contributed by atoms with Crippen molar-refractivity contribution in [2.45, 2.75) is 37.4 Å². The van der Waals surface area contributed by atoms with Crippen LogP contribution in [0.2, 0.25) is 0 Å². The number of nitrogens with one attached hydrogen (secondary N) is 1. The summed E-state index contributed by atoms with van der Waals surface area (Å²) in [5.41, 5.74) is 0. The van der Waals surface area contributed by atoms with Gasteiger partial charge < -0.3 is 10.1 Å². The summed E-state index contributed by atoms with van der Waals surface area (Å²) in [5, 5.41) is 7.10. The third-order valence-electron chi connectivity index (χ3n) is 3.36. The Morgan fingerprint density at radius 2 is 2.25 bits per heavy atom. The Balaban J connectivity index is 2.18. The summed E-state index contributed by atoms with van der Waals surface area (Å²) in [6.07, 6.45) is 2.91. The van der Waals surface area contributed by atoms with Crippen LogP contribution in [0.3, 0.4) is 0 Å². The molecule has 1 aliphatic rings. The van der Waals surface area contributed by atoms with Gasteiger partial charge in [0.1, 0.15) is 4.90 Å². The molecule has 2 atom stereocenters. The molecule has 1 N–H and O–H groups in total. The van der Waals surface area contributed by atoms with Crippen molar-refractivity contribution >= 4 is 10.0 Å². The Hall–Kier alpha value is -0.960. The number of aromatic nitrogens is 2. The van der Waals surface area contributed by atoms with Gasteiger partial charge in [-0.2, -0.15) is 9.40 Å². The van der Waals surface area contributed by atoms with Crippen LogP contribution < -0.4 is 5.32 Å². The first kappa shape index (κ1) is 15.4. The van der Waals surface area contributed by atoms with Crippen molar-refractivity contribution in [3.8, 4) is 0 Å². The van der Waals surface area contributed by atoms with Gasteiger partial charge in [-0.05, 0) is 20.9 Å². The quantitative estimate of drug-likeness (QED) is 0.822. The molecule has 0 aromatic carbocycles. The van der Waals surface area contributed by atoms with Gasteiger partial charge >= 0.3 is 0 Å². The fourth-order valence-corrected chi connectivity index (χ4v) is 3.82. The normalized spacial score (nSPS) is 24.9. The zero-order valence-electron chi connectivity index (χ0n) is 12.1. The van der Waals surface area contributed by atoms with Gasteiger partial charge in [0.15, 0.2) is 0 Å².